The Morgan fingerprint density at radius 1 is 1.31 bits per heavy atom. The normalized spacial score (nSPS) is 14.4. The van der Waals surface area contributed by atoms with Crippen LogP contribution in [0.2, 0.25) is 5.02 Å². The molecule has 1 aliphatic rings. The topological polar surface area (TPSA) is 52.9 Å². The molecule has 3 rings (SSSR count). The molecule has 0 bridgehead atoms. The van der Waals surface area contributed by atoms with Crippen molar-refractivity contribution in [1.29, 1.82) is 0 Å². The number of aromatic nitrogens is 1. The van der Waals surface area contributed by atoms with Gasteiger partial charge in [0, 0.05) is 5.02 Å². The van der Waals surface area contributed by atoms with Crippen LogP contribution < -0.4 is 10.4 Å². The first-order valence-corrected chi connectivity index (χ1v) is 5.69. The fraction of sp³-hybridized carbons (Fsp3) is 0. The van der Waals surface area contributed by atoms with Crippen LogP contribution in [0, 0.1) is 0 Å². The summed E-state index contributed by atoms with van der Waals surface area (Å²) >= 11 is 7.45. The van der Waals surface area contributed by atoms with Gasteiger partial charge in [0.2, 0.25) is 5.13 Å². The van der Waals surface area contributed by atoms with Crippen molar-refractivity contribution in [3.05, 3.63) is 23.2 Å². The predicted molar refractivity (Wildman–Crippen MR) is 67.2 cm³/mol. The van der Waals surface area contributed by atoms with Gasteiger partial charge < -0.3 is 0 Å². The van der Waals surface area contributed by atoms with Gasteiger partial charge in [0.05, 0.1) is 10.2 Å². The molecule has 0 spiro atoms. The highest BCUT2D eigenvalue weighted by Crippen LogP contribution is 2.29. The smallest absolute Gasteiger partial charge is 0.211 e. The number of benzene rings is 1. The Kier molecular flexibility index (Phi) is 2.23. The number of anilines is 1. The Morgan fingerprint density at radius 3 is 3.06 bits per heavy atom. The predicted octanol–water partition coefficient (Wildman–Crippen LogP) is 2.25. The molecule has 2 aromatic rings. The van der Waals surface area contributed by atoms with Gasteiger partial charge in [-0.15, -0.1) is 10.2 Å². The van der Waals surface area contributed by atoms with E-state index in [4.69, 9.17) is 11.6 Å². The lowest BCUT2D eigenvalue weighted by atomic mass is 10.3. The third kappa shape index (κ3) is 1.62. The lowest BCUT2D eigenvalue weighted by molar-refractivity contribution is 0.948. The third-order valence-corrected chi connectivity index (χ3v) is 3.30. The third-order valence-electron chi connectivity index (χ3n) is 2.03. The Bertz CT molecular complexity index is 591. The number of thiazole rings is 1. The Morgan fingerprint density at radius 2 is 2.25 bits per heavy atom. The fourth-order valence-electron chi connectivity index (χ4n) is 1.33. The van der Waals surface area contributed by atoms with E-state index in [0.717, 1.165) is 15.3 Å². The van der Waals surface area contributed by atoms with E-state index in [9.17, 15) is 0 Å². The number of nitrogens with one attached hydrogen (secondary N) is 1. The first-order valence-electron chi connectivity index (χ1n) is 4.49. The van der Waals surface area contributed by atoms with Crippen molar-refractivity contribution in [3.8, 4) is 0 Å². The maximum atomic E-state index is 5.90. The van der Waals surface area contributed by atoms with E-state index >= 15 is 0 Å². The molecular formula is C9H6ClN5S. The van der Waals surface area contributed by atoms with Crippen molar-refractivity contribution >= 4 is 51.0 Å². The highest BCUT2D eigenvalue weighted by Gasteiger charge is 2.11. The van der Waals surface area contributed by atoms with E-state index in [1.807, 2.05) is 18.2 Å². The standard InChI is InChI=1S/C9H6ClN5S/c10-6-1-2-8-7(3-6)14-9(16-8)15-5-12-11-4-13-15/h1-5H,(H,11,13). The molecule has 16 heavy (non-hydrogen) atoms. The average molecular weight is 252 g/mol. The van der Waals surface area contributed by atoms with Gasteiger partial charge in [0.1, 0.15) is 12.7 Å². The molecule has 0 fully saturated rings. The molecule has 1 aromatic heterocycles. The maximum Gasteiger partial charge on any atom is 0.211 e. The maximum absolute atomic E-state index is 5.90. The molecule has 7 heteroatoms. The van der Waals surface area contributed by atoms with Crippen LogP contribution in [0.1, 0.15) is 0 Å². The van der Waals surface area contributed by atoms with E-state index < -0.39 is 0 Å². The van der Waals surface area contributed by atoms with Gasteiger partial charge in [0.25, 0.3) is 0 Å². The van der Waals surface area contributed by atoms with Crippen LogP contribution in [0.5, 0.6) is 0 Å². The zero-order valence-corrected chi connectivity index (χ0v) is 9.53. The van der Waals surface area contributed by atoms with Gasteiger partial charge in [-0.3, -0.25) is 5.43 Å². The highest BCUT2D eigenvalue weighted by atomic mass is 35.5. The van der Waals surface area contributed by atoms with Gasteiger partial charge in [-0.1, -0.05) is 22.9 Å². The van der Waals surface area contributed by atoms with Gasteiger partial charge in [-0.05, 0) is 18.2 Å². The van der Waals surface area contributed by atoms with Crippen molar-refractivity contribution in [3.63, 3.8) is 0 Å². The molecule has 0 radical (unpaired) electrons. The van der Waals surface area contributed by atoms with Crippen molar-refractivity contribution in [1.82, 2.24) is 10.4 Å². The highest BCUT2D eigenvalue weighted by molar-refractivity contribution is 7.22. The van der Waals surface area contributed by atoms with Crippen LogP contribution in [0.25, 0.3) is 10.2 Å². The molecular weight excluding hydrogens is 246 g/mol. The molecule has 0 atom stereocenters. The van der Waals surface area contributed by atoms with Crippen LogP contribution in [-0.2, 0) is 0 Å². The van der Waals surface area contributed by atoms with E-state index in [0.29, 0.717) is 5.02 Å². The Balaban J connectivity index is 2.05. The minimum absolute atomic E-state index is 0.686. The monoisotopic (exact) mass is 251 g/mol. The molecule has 2 heterocycles. The number of halogens is 1. The molecule has 0 saturated carbocycles. The summed E-state index contributed by atoms with van der Waals surface area (Å²) in [7, 11) is 0. The van der Waals surface area contributed by atoms with Crippen LogP contribution in [0.3, 0.4) is 0 Å². The SMILES string of the molecule is Clc1ccc2sc(N3C=NN=CN3)nc2c1. The van der Waals surface area contributed by atoms with Crippen LogP contribution in [0.4, 0.5) is 5.13 Å². The first kappa shape index (κ1) is 9.56. The summed E-state index contributed by atoms with van der Waals surface area (Å²) in [6, 6.07) is 5.64. The summed E-state index contributed by atoms with van der Waals surface area (Å²) in [6.45, 7) is 0. The Labute approximate surface area is 100 Å². The van der Waals surface area contributed by atoms with Crippen LogP contribution in [-0.4, -0.2) is 17.7 Å². The van der Waals surface area contributed by atoms with Crippen LogP contribution in [0.15, 0.2) is 28.4 Å². The van der Waals surface area contributed by atoms with Gasteiger partial charge >= 0.3 is 0 Å². The van der Waals surface area contributed by atoms with Crippen molar-refractivity contribution in [2.75, 3.05) is 5.01 Å². The summed E-state index contributed by atoms with van der Waals surface area (Å²) in [5.41, 5.74) is 3.80. The van der Waals surface area contributed by atoms with Gasteiger partial charge in [0.15, 0.2) is 0 Å². The lowest BCUT2D eigenvalue weighted by Gasteiger charge is -2.15. The number of hydrogen-bond donors (Lipinski definition) is 1. The largest absolute Gasteiger partial charge is 0.279 e. The molecule has 0 aliphatic carbocycles. The summed E-state index contributed by atoms with van der Waals surface area (Å²) in [5.74, 6) is 0. The molecule has 0 saturated heterocycles. The average Bonchev–Trinajstić information content (AvgIpc) is 2.73. The van der Waals surface area contributed by atoms with Crippen molar-refractivity contribution in [2.45, 2.75) is 0 Å². The summed E-state index contributed by atoms with van der Waals surface area (Å²) in [6.07, 6.45) is 3.07. The summed E-state index contributed by atoms with van der Waals surface area (Å²) in [5, 5.41) is 10.6. The van der Waals surface area contributed by atoms with Gasteiger partial charge in [-0.2, -0.15) is 0 Å². The molecule has 1 aromatic carbocycles. The molecule has 1 aliphatic heterocycles. The molecule has 0 amide bonds. The van der Waals surface area contributed by atoms with E-state index in [-0.39, 0.29) is 0 Å². The number of rotatable bonds is 1. The lowest BCUT2D eigenvalue weighted by Crippen LogP contribution is -2.37. The molecule has 5 nitrogen and oxygen atoms in total. The van der Waals surface area contributed by atoms with E-state index in [1.54, 1.807) is 22.7 Å². The van der Waals surface area contributed by atoms with Crippen LogP contribution >= 0.6 is 22.9 Å². The minimum Gasteiger partial charge on any atom is -0.279 e. The van der Waals surface area contributed by atoms with E-state index in [1.165, 1.54) is 6.34 Å². The van der Waals surface area contributed by atoms with Crippen molar-refractivity contribution in [2.24, 2.45) is 10.2 Å². The summed E-state index contributed by atoms with van der Waals surface area (Å²) < 4.78 is 1.08. The fourth-order valence-corrected chi connectivity index (χ4v) is 2.38. The zero-order valence-electron chi connectivity index (χ0n) is 7.96. The minimum atomic E-state index is 0.686. The summed E-state index contributed by atoms with van der Waals surface area (Å²) in [4.78, 5) is 4.44. The van der Waals surface area contributed by atoms with Gasteiger partial charge in [-0.25, -0.2) is 9.99 Å². The number of hydrogen-bond acceptors (Lipinski definition) is 6. The molecule has 80 valence electrons. The second kappa shape index (κ2) is 3.73. The number of hydrazine groups is 1. The molecule has 0 unspecified atom stereocenters. The second-order valence-corrected chi connectivity index (χ2v) is 4.53. The second-order valence-electron chi connectivity index (χ2n) is 3.08. The first-order chi connectivity index (χ1) is 7.83. The number of nitrogens with zero attached hydrogens (tertiary/aromatic N) is 4. The Hall–Kier alpha value is -1.66. The number of fused-ring (bicyclic) bond motifs is 1. The van der Waals surface area contributed by atoms with Crippen molar-refractivity contribution < 1.29 is 0 Å². The quantitative estimate of drug-likeness (QED) is 0.846. The van der Waals surface area contributed by atoms with E-state index in [2.05, 4.69) is 20.6 Å². The molecule has 1 N–H and O–H groups in total. The zero-order chi connectivity index (χ0) is 11.0.